The minimum Gasteiger partial charge on any atom is -0.506 e. The molecule has 0 heterocycles. The highest BCUT2D eigenvalue weighted by Gasteiger charge is 2.22. The molecule has 0 radical (unpaired) electrons. The van der Waals surface area contributed by atoms with Crippen molar-refractivity contribution in [1.29, 1.82) is 0 Å². The first-order valence-electron chi connectivity index (χ1n) is 9.24. The number of hydrogen-bond acceptors (Lipinski definition) is 7. The Hall–Kier alpha value is -2.04. The number of ether oxygens (including phenoxy) is 2. The number of halogens is 2. The number of ketones is 1. The lowest BCUT2D eigenvalue weighted by molar-refractivity contribution is -0.140. The zero-order chi connectivity index (χ0) is 23.0. The van der Waals surface area contributed by atoms with Crippen LogP contribution in [-0.2, 0) is 14.3 Å². The Morgan fingerprint density at radius 3 is 2.45 bits per heavy atom. The molecule has 7 nitrogen and oxygen atoms in total. The van der Waals surface area contributed by atoms with Crippen molar-refractivity contribution in [3.63, 3.8) is 0 Å². The van der Waals surface area contributed by atoms with Gasteiger partial charge in [-0.05, 0) is 72.1 Å². The summed E-state index contributed by atoms with van der Waals surface area (Å²) in [6.45, 7) is 1.58. The number of phenolic OH excluding ortho intramolecular Hbond substituents is 1. The van der Waals surface area contributed by atoms with Crippen LogP contribution in [0.5, 0.6) is 5.75 Å². The van der Waals surface area contributed by atoms with E-state index in [1.54, 1.807) is 36.4 Å². The Bertz CT molecular complexity index is 952. The molecule has 0 aliphatic rings. The first-order chi connectivity index (χ1) is 14.7. The van der Waals surface area contributed by atoms with Gasteiger partial charge in [0.25, 0.3) is 0 Å². The zero-order valence-electron chi connectivity index (χ0n) is 16.6. The largest absolute Gasteiger partial charge is 0.506 e. The molecule has 10 heteroatoms. The van der Waals surface area contributed by atoms with Gasteiger partial charge in [0, 0.05) is 21.3 Å². The molecule has 0 aliphatic heterocycles. The summed E-state index contributed by atoms with van der Waals surface area (Å²) in [5.41, 5.74) is 1.37. The first kappa shape index (κ1) is 25.2. The lowest BCUT2D eigenvalue weighted by atomic mass is 10.0. The highest BCUT2D eigenvalue weighted by molar-refractivity contribution is 9.11. The molecule has 0 spiro atoms. The molecular weight excluding hydrogens is 554 g/mol. The summed E-state index contributed by atoms with van der Waals surface area (Å²) in [5.74, 6) is -0.604. The number of anilines is 1. The van der Waals surface area contributed by atoms with Crippen molar-refractivity contribution >= 4 is 68.0 Å². The number of phenols is 1. The van der Waals surface area contributed by atoms with E-state index in [2.05, 4.69) is 49.8 Å². The molecule has 0 aliphatic carbocycles. The molecule has 2 N–H and O–H groups in total. The van der Waals surface area contributed by atoms with Crippen LogP contribution in [-0.4, -0.2) is 35.3 Å². The number of carbonyl (C=O) groups excluding carboxylic acids is 3. The number of hydrogen-bond donors (Lipinski definition) is 3. The summed E-state index contributed by atoms with van der Waals surface area (Å²) in [6.07, 6.45) is -0.843. The summed E-state index contributed by atoms with van der Waals surface area (Å²) in [7, 11) is 0. The lowest BCUT2D eigenvalue weighted by Gasteiger charge is -2.20. The van der Waals surface area contributed by atoms with Gasteiger partial charge in [0.15, 0.2) is 5.78 Å². The molecular formula is C21H21Br2NO6S. The maximum absolute atomic E-state index is 12.5. The fraction of sp³-hybridized carbons (Fsp3) is 0.286. The van der Waals surface area contributed by atoms with Crippen LogP contribution in [0.2, 0.25) is 0 Å². The van der Waals surface area contributed by atoms with E-state index in [0.717, 1.165) is 0 Å². The van der Waals surface area contributed by atoms with Gasteiger partial charge in [-0.1, -0.05) is 15.9 Å². The van der Waals surface area contributed by atoms with Gasteiger partial charge in [0.1, 0.15) is 11.9 Å². The third kappa shape index (κ3) is 7.86. The van der Waals surface area contributed by atoms with Crippen molar-refractivity contribution in [3.05, 3.63) is 56.5 Å². The third-order valence-electron chi connectivity index (χ3n) is 4.19. The Morgan fingerprint density at radius 1 is 1.16 bits per heavy atom. The fourth-order valence-corrected chi connectivity index (χ4v) is 4.02. The molecule has 0 fully saturated rings. The predicted octanol–water partition coefficient (Wildman–Crippen LogP) is 5.66. The molecule has 0 saturated carbocycles. The molecule has 166 valence electrons. The number of nitrogens with one attached hydrogen (secondary N) is 1. The zero-order valence-corrected chi connectivity index (χ0v) is 20.6. The number of thiol groups is 1. The van der Waals surface area contributed by atoms with Crippen LogP contribution in [0.3, 0.4) is 0 Å². The van der Waals surface area contributed by atoms with Gasteiger partial charge in [-0.3, -0.25) is 14.9 Å². The van der Waals surface area contributed by atoms with Crippen LogP contribution < -0.4 is 5.32 Å². The highest BCUT2D eigenvalue weighted by Crippen LogP contribution is 2.38. The number of aromatic hydroxyl groups is 1. The van der Waals surface area contributed by atoms with E-state index in [-0.39, 0.29) is 23.9 Å². The molecule has 2 rings (SSSR count). The summed E-state index contributed by atoms with van der Waals surface area (Å²) in [4.78, 5) is 35.1. The molecule has 31 heavy (non-hydrogen) atoms. The number of esters is 1. The van der Waals surface area contributed by atoms with E-state index < -0.39 is 18.2 Å². The van der Waals surface area contributed by atoms with Crippen LogP contribution in [0.1, 0.15) is 41.8 Å². The van der Waals surface area contributed by atoms with Gasteiger partial charge in [0.05, 0.1) is 16.8 Å². The van der Waals surface area contributed by atoms with E-state index in [1.165, 1.54) is 6.92 Å². The predicted molar refractivity (Wildman–Crippen MR) is 127 cm³/mol. The standard InChI is InChI=1S/C21H21Br2NO6S/c1-12(25)13-4-6-15(7-5-13)24-21(28)30-18(3-2-8-29-19(26)11-31)16-9-14(22)10-17(23)20(16)27/h4-7,9-10,18,27,31H,2-3,8,11H2,1H3,(H,24,28)/t18-/m1/s1. The molecule has 0 bridgehead atoms. The topological polar surface area (TPSA) is 102 Å². The van der Waals surface area contributed by atoms with Gasteiger partial charge in [0.2, 0.25) is 0 Å². The molecule has 2 aromatic carbocycles. The normalized spacial score (nSPS) is 11.5. The van der Waals surface area contributed by atoms with E-state index in [4.69, 9.17) is 9.47 Å². The van der Waals surface area contributed by atoms with Crippen molar-refractivity contribution in [3.8, 4) is 5.75 Å². The molecule has 0 unspecified atom stereocenters. The first-order valence-corrected chi connectivity index (χ1v) is 11.5. The van der Waals surface area contributed by atoms with Crippen LogP contribution in [0, 0.1) is 0 Å². The van der Waals surface area contributed by atoms with E-state index >= 15 is 0 Å². The number of amides is 1. The monoisotopic (exact) mass is 573 g/mol. The van der Waals surface area contributed by atoms with Gasteiger partial charge in [-0.15, -0.1) is 0 Å². The molecule has 1 amide bonds. The second kappa shape index (κ2) is 12.1. The Balaban J connectivity index is 2.12. The summed E-state index contributed by atoms with van der Waals surface area (Å²) in [5, 5.41) is 13.1. The minimum atomic E-state index is -0.806. The SMILES string of the molecule is CC(=O)c1ccc(NC(=O)O[C@H](CCCOC(=O)CS)c2cc(Br)cc(Br)c2O)cc1. The second-order valence-electron chi connectivity index (χ2n) is 6.50. The van der Waals surface area contributed by atoms with Crippen LogP contribution in [0.15, 0.2) is 45.3 Å². The highest BCUT2D eigenvalue weighted by atomic mass is 79.9. The van der Waals surface area contributed by atoms with Crippen molar-refractivity contribution in [2.45, 2.75) is 25.9 Å². The second-order valence-corrected chi connectivity index (χ2v) is 8.58. The fourth-order valence-electron chi connectivity index (χ4n) is 2.67. The van der Waals surface area contributed by atoms with Crippen molar-refractivity contribution in [1.82, 2.24) is 0 Å². The maximum atomic E-state index is 12.5. The minimum absolute atomic E-state index is 0.0237. The average Bonchev–Trinajstić information content (AvgIpc) is 2.73. The Labute approximate surface area is 202 Å². The van der Waals surface area contributed by atoms with Crippen LogP contribution >= 0.6 is 44.5 Å². The Morgan fingerprint density at radius 2 is 1.84 bits per heavy atom. The summed E-state index contributed by atoms with van der Waals surface area (Å²) < 4.78 is 11.7. The third-order valence-corrected chi connectivity index (χ3v) is 5.51. The molecule has 0 saturated heterocycles. The van der Waals surface area contributed by atoms with E-state index in [0.29, 0.717) is 38.6 Å². The van der Waals surface area contributed by atoms with E-state index in [9.17, 15) is 19.5 Å². The van der Waals surface area contributed by atoms with Crippen molar-refractivity contribution in [2.24, 2.45) is 0 Å². The number of rotatable bonds is 9. The summed E-state index contributed by atoms with van der Waals surface area (Å²) >= 11 is 10.5. The summed E-state index contributed by atoms with van der Waals surface area (Å²) in [6, 6.07) is 9.71. The molecule has 2 aromatic rings. The smallest absolute Gasteiger partial charge is 0.412 e. The van der Waals surface area contributed by atoms with Gasteiger partial charge in [-0.25, -0.2) is 4.79 Å². The lowest BCUT2D eigenvalue weighted by Crippen LogP contribution is -2.18. The average molecular weight is 575 g/mol. The van der Waals surface area contributed by atoms with E-state index in [1.807, 2.05) is 0 Å². The number of Topliss-reactive ketones (excluding diaryl/α,β-unsaturated/α-hetero) is 1. The van der Waals surface area contributed by atoms with Crippen LogP contribution in [0.25, 0.3) is 0 Å². The quantitative estimate of drug-likeness (QED) is 0.154. The van der Waals surface area contributed by atoms with Gasteiger partial charge >= 0.3 is 12.1 Å². The number of carbonyl (C=O) groups is 3. The molecule has 0 aromatic heterocycles. The van der Waals surface area contributed by atoms with Gasteiger partial charge < -0.3 is 14.6 Å². The Kier molecular flexibility index (Phi) is 9.86. The van der Waals surface area contributed by atoms with Gasteiger partial charge in [-0.2, -0.15) is 12.6 Å². The van der Waals surface area contributed by atoms with Crippen LogP contribution in [0.4, 0.5) is 10.5 Å². The number of benzene rings is 2. The van der Waals surface area contributed by atoms with Crippen molar-refractivity contribution in [2.75, 3.05) is 17.7 Å². The van der Waals surface area contributed by atoms with Crippen molar-refractivity contribution < 1.29 is 29.0 Å². The maximum Gasteiger partial charge on any atom is 0.412 e. The molecule has 1 atom stereocenters.